The van der Waals surface area contributed by atoms with Crippen molar-refractivity contribution in [3.63, 3.8) is 0 Å². The molecular weight excluding hydrogens is 430 g/mol. The molecule has 3 fully saturated rings. The minimum Gasteiger partial charge on any atom is -0.347 e. The van der Waals surface area contributed by atoms with Crippen LogP contribution in [0.5, 0.6) is 0 Å². The highest BCUT2D eigenvalue weighted by Crippen LogP contribution is 2.31. The molecule has 1 aromatic rings. The minimum absolute atomic E-state index is 0.0319. The van der Waals surface area contributed by atoms with Crippen LogP contribution < -0.4 is 5.32 Å². The first-order valence-electron chi connectivity index (χ1n) is 13.2. The largest absolute Gasteiger partial charge is 0.347 e. The van der Waals surface area contributed by atoms with Gasteiger partial charge in [0.15, 0.2) is 5.78 Å². The molecular formula is C27H39N3O4. The van der Waals surface area contributed by atoms with Gasteiger partial charge in [0.2, 0.25) is 5.91 Å². The third kappa shape index (κ3) is 6.59. The monoisotopic (exact) mass is 469 g/mol. The number of hydrogen-bond donors (Lipinski definition) is 1. The van der Waals surface area contributed by atoms with Crippen LogP contribution in [0.1, 0.15) is 82.6 Å². The molecule has 2 aliphatic heterocycles. The van der Waals surface area contributed by atoms with Crippen molar-refractivity contribution in [1.29, 1.82) is 0 Å². The summed E-state index contributed by atoms with van der Waals surface area (Å²) >= 11 is 0. The van der Waals surface area contributed by atoms with Crippen LogP contribution in [-0.4, -0.2) is 52.9 Å². The lowest BCUT2D eigenvalue weighted by molar-refractivity contribution is -0.140. The van der Waals surface area contributed by atoms with Crippen molar-refractivity contribution in [1.82, 2.24) is 15.3 Å². The summed E-state index contributed by atoms with van der Waals surface area (Å²) < 4.78 is 0. The fourth-order valence-corrected chi connectivity index (χ4v) is 5.59. The zero-order valence-corrected chi connectivity index (χ0v) is 20.3. The SMILES string of the molecule is O=C(CCCCCC1CCCCC1)CNC(=O)[C@@H]1CCC2CN1C(=O)N2OCc1ccccc1. The number of piperidine rings is 1. The molecule has 1 unspecified atom stereocenters. The molecule has 0 spiro atoms. The van der Waals surface area contributed by atoms with E-state index in [4.69, 9.17) is 4.84 Å². The number of hydroxylamine groups is 2. The van der Waals surface area contributed by atoms with Gasteiger partial charge in [0.1, 0.15) is 12.6 Å². The Bertz CT molecular complexity index is 824. The van der Waals surface area contributed by atoms with Gasteiger partial charge >= 0.3 is 6.03 Å². The number of rotatable bonds is 12. The van der Waals surface area contributed by atoms with Crippen molar-refractivity contribution in [2.75, 3.05) is 13.1 Å². The average molecular weight is 470 g/mol. The summed E-state index contributed by atoms with van der Waals surface area (Å²) in [7, 11) is 0. The quantitative estimate of drug-likeness (QED) is 0.454. The molecule has 7 nitrogen and oxygen atoms in total. The van der Waals surface area contributed by atoms with Gasteiger partial charge in [-0.15, -0.1) is 0 Å². The van der Waals surface area contributed by atoms with Crippen LogP contribution in [0.4, 0.5) is 4.79 Å². The second kappa shape index (κ2) is 12.3. The second-order valence-corrected chi connectivity index (χ2v) is 10.1. The number of benzene rings is 1. The van der Waals surface area contributed by atoms with E-state index in [2.05, 4.69) is 5.32 Å². The molecule has 0 radical (unpaired) electrons. The van der Waals surface area contributed by atoms with Gasteiger partial charge in [0.25, 0.3) is 0 Å². The predicted octanol–water partition coefficient (Wildman–Crippen LogP) is 4.60. The summed E-state index contributed by atoms with van der Waals surface area (Å²) in [6.45, 7) is 0.862. The Hall–Kier alpha value is -2.41. The van der Waals surface area contributed by atoms with Gasteiger partial charge in [-0.2, -0.15) is 5.06 Å². The smallest absolute Gasteiger partial charge is 0.345 e. The summed E-state index contributed by atoms with van der Waals surface area (Å²) in [6, 6.07) is 8.90. The number of urea groups is 1. The van der Waals surface area contributed by atoms with E-state index in [0.717, 1.165) is 24.3 Å². The first-order valence-corrected chi connectivity index (χ1v) is 13.2. The molecule has 4 rings (SSSR count). The first-order chi connectivity index (χ1) is 16.6. The molecule has 186 valence electrons. The van der Waals surface area contributed by atoms with Gasteiger partial charge in [0.05, 0.1) is 12.6 Å². The van der Waals surface area contributed by atoms with Crippen LogP contribution >= 0.6 is 0 Å². The van der Waals surface area contributed by atoms with E-state index in [-0.39, 0.29) is 30.3 Å². The fourth-order valence-electron chi connectivity index (χ4n) is 5.59. The molecule has 1 aliphatic carbocycles. The van der Waals surface area contributed by atoms with E-state index >= 15 is 0 Å². The lowest BCUT2D eigenvalue weighted by atomic mass is 9.85. The Kier molecular flexibility index (Phi) is 8.97. The standard InChI is InChI=1S/C27H39N3O4/c31-24(15-9-3-6-12-21-10-4-1-5-11-21)18-28-26(32)25-17-16-23-19-29(25)27(33)30(23)34-20-22-13-7-2-8-14-22/h2,7-8,13-14,21,23,25H,1,3-6,9-12,15-20H2,(H,28,32)/t23?,25-/m0/s1. The van der Waals surface area contributed by atoms with Crippen LogP contribution in [0.25, 0.3) is 0 Å². The van der Waals surface area contributed by atoms with Crippen molar-refractivity contribution in [3.05, 3.63) is 35.9 Å². The van der Waals surface area contributed by atoms with E-state index in [1.54, 1.807) is 4.90 Å². The zero-order chi connectivity index (χ0) is 23.8. The van der Waals surface area contributed by atoms with Gasteiger partial charge in [-0.3, -0.25) is 14.4 Å². The highest BCUT2D eigenvalue weighted by molar-refractivity contribution is 5.91. The van der Waals surface area contributed by atoms with Gasteiger partial charge < -0.3 is 10.2 Å². The van der Waals surface area contributed by atoms with Crippen molar-refractivity contribution < 1.29 is 19.2 Å². The number of nitrogens with zero attached hydrogens (tertiary/aromatic N) is 2. The van der Waals surface area contributed by atoms with E-state index < -0.39 is 6.04 Å². The number of nitrogens with one attached hydrogen (secondary N) is 1. The normalized spacial score (nSPS) is 22.8. The average Bonchev–Trinajstić information content (AvgIpc) is 3.11. The molecule has 1 saturated carbocycles. The molecule has 1 N–H and O–H groups in total. The number of unbranched alkanes of at least 4 members (excludes halogenated alkanes) is 2. The summed E-state index contributed by atoms with van der Waals surface area (Å²) in [5.74, 6) is 0.731. The van der Waals surface area contributed by atoms with E-state index in [1.165, 1.54) is 50.0 Å². The maximum absolute atomic E-state index is 12.9. The molecule has 3 amide bonds. The molecule has 1 aromatic carbocycles. The zero-order valence-electron chi connectivity index (χ0n) is 20.3. The van der Waals surface area contributed by atoms with E-state index in [0.29, 0.717) is 32.4 Å². The summed E-state index contributed by atoms with van der Waals surface area (Å²) in [5, 5.41) is 4.21. The first kappa shape index (κ1) is 24.7. The van der Waals surface area contributed by atoms with Crippen molar-refractivity contribution in [3.8, 4) is 0 Å². The topological polar surface area (TPSA) is 79.0 Å². The third-order valence-corrected chi connectivity index (χ3v) is 7.59. The highest BCUT2D eigenvalue weighted by Gasteiger charge is 2.47. The van der Waals surface area contributed by atoms with Crippen LogP contribution in [-0.2, 0) is 21.0 Å². The second-order valence-electron chi connectivity index (χ2n) is 10.1. The summed E-state index contributed by atoms with van der Waals surface area (Å²) in [4.78, 5) is 45.3. The number of ketones is 1. The van der Waals surface area contributed by atoms with Gasteiger partial charge in [0, 0.05) is 13.0 Å². The Morgan fingerprint density at radius 1 is 0.971 bits per heavy atom. The van der Waals surface area contributed by atoms with E-state index in [1.807, 2.05) is 30.3 Å². The van der Waals surface area contributed by atoms with Crippen molar-refractivity contribution in [2.45, 2.75) is 95.7 Å². The third-order valence-electron chi connectivity index (χ3n) is 7.59. The number of carbonyl (C=O) groups is 3. The molecule has 0 aromatic heterocycles. The minimum atomic E-state index is -0.530. The van der Waals surface area contributed by atoms with Crippen molar-refractivity contribution in [2.24, 2.45) is 5.92 Å². The van der Waals surface area contributed by atoms with Crippen LogP contribution in [0.2, 0.25) is 0 Å². The lowest BCUT2D eigenvalue weighted by Crippen LogP contribution is -2.50. The molecule has 7 heteroatoms. The maximum atomic E-state index is 12.9. The molecule has 3 aliphatic rings. The number of fused-ring (bicyclic) bond motifs is 2. The van der Waals surface area contributed by atoms with Crippen LogP contribution in [0.3, 0.4) is 0 Å². The van der Waals surface area contributed by atoms with Crippen LogP contribution in [0.15, 0.2) is 30.3 Å². The molecule has 2 atom stereocenters. The van der Waals surface area contributed by atoms with Gasteiger partial charge in [-0.05, 0) is 30.7 Å². The van der Waals surface area contributed by atoms with Gasteiger partial charge in [-0.25, -0.2) is 4.79 Å². The lowest BCUT2D eigenvalue weighted by Gasteiger charge is -2.29. The number of carbonyl (C=O) groups excluding carboxylic acids is 3. The van der Waals surface area contributed by atoms with Crippen LogP contribution in [0, 0.1) is 5.92 Å². The number of hydrogen-bond acceptors (Lipinski definition) is 4. The Morgan fingerprint density at radius 3 is 2.56 bits per heavy atom. The number of Topliss-reactive ketones (excluding diaryl/α,β-unsaturated/α-hetero) is 1. The number of amides is 3. The summed E-state index contributed by atoms with van der Waals surface area (Å²) in [5.41, 5.74) is 0.994. The molecule has 2 heterocycles. The predicted molar refractivity (Wildman–Crippen MR) is 130 cm³/mol. The Balaban J connectivity index is 1.13. The fraction of sp³-hybridized carbons (Fsp3) is 0.667. The van der Waals surface area contributed by atoms with Gasteiger partial charge in [-0.1, -0.05) is 81.7 Å². The maximum Gasteiger partial charge on any atom is 0.345 e. The van der Waals surface area contributed by atoms with Crippen molar-refractivity contribution >= 4 is 17.7 Å². The molecule has 2 saturated heterocycles. The highest BCUT2D eigenvalue weighted by atomic mass is 16.7. The van der Waals surface area contributed by atoms with E-state index in [9.17, 15) is 14.4 Å². The molecule has 34 heavy (non-hydrogen) atoms. The summed E-state index contributed by atoms with van der Waals surface area (Å²) in [6.07, 6.45) is 13.2. The Morgan fingerprint density at radius 2 is 1.76 bits per heavy atom. The molecule has 2 bridgehead atoms. The Labute approximate surface area is 203 Å².